The van der Waals surface area contributed by atoms with E-state index in [1.807, 2.05) is 42.5 Å². The van der Waals surface area contributed by atoms with E-state index < -0.39 is 0 Å². The van der Waals surface area contributed by atoms with Crippen LogP contribution < -0.4 is 5.56 Å². The third-order valence-electron chi connectivity index (χ3n) is 6.01. The Labute approximate surface area is 209 Å². The molecule has 33 heavy (non-hydrogen) atoms. The molecule has 0 radical (unpaired) electrons. The van der Waals surface area contributed by atoms with Gasteiger partial charge in [-0.2, -0.15) is 0 Å². The van der Waals surface area contributed by atoms with Crippen LogP contribution in [0.4, 0.5) is 0 Å². The molecule has 0 bridgehead atoms. The first-order valence-electron chi connectivity index (χ1n) is 11.1. The molecule has 2 aromatic heterocycles. The number of rotatable bonds is 7. The van der Waals surface area contributed by atoms with Crippen molar-refractivity contribution in [2.75, 3.05) is 5.75 Å². The molecule has 4 nitrogen and oxygen atoms in total. The smallest absolute Gasteiger partial charge is 0.263 e. The van der Waals surface area contributed by atoms with Crippen molar-refractivity contribution in [3.05, 3.63) is 91.0 Å². The van der Waals surface area contributed by atoms with Crippen LogP contribution in [0, 0.1) is 0 Å². The van der Waals surface area contributed by atoms with Gasteiger partial charge in [0.1, 0.15) is 4.83 Å². The van der Waals surface area contributed by atoms with Crippen LogP contribution in [0.25, 0.3) is 10.2 Å². The summed E-state index contributed by atoms with van der Waals surface area (Å²) in [6, 6.07) is 17.6. The molecular weight excluding hydrogens is 516 g/mol. The van der Waals surface area contributed by atoms with Gasteiger partial charge in [-0.15, -0.1) is 11.3 Å². The SMILES string of the molecule is O=C(CSc1nc2sc3c(c2c(=O)n1CCc1ccccc1)CCCC3)c1ccc(Br)cc1. The van der Waals surface area contributed by atoms with Gasteiger partial charge >= 0.3 is 0 Å². The summed E-state index contributed by atoms with van der Waals surface area (Å²) in [6.45, 7) is 0.547. The van der Waals surface area contributed by atoms with Crippen molar-refractivity contribution in [3.8, 4) is 0 Å². The van der Waals surface area contributed by atoms with E-state index in [1.165, 1.54) is 34.2 Å². The number of thiophene rings is 1. The molecule has 4 aromatic rings. The monoisotopic (exact) mass is 538 g/mol. The molecule has 0 fully saturated rings. The number of nitrogens with zero attached hydrogens (tertiary/aromatic N) is 2. The van der Waals surface area contributed by atoms with Crippen molar-refractivity contribution in [2.45, 2.75) is 43.8 Å². The van der Waals surface area contributed by atoms with Crippen molar-refractivity contribution < 1.29 is 4.79 Å². The van der Waals surface area contributed by atoms with Crippen molar-refractivity contribution in [2.24, 2.45) is 0 Å². The topological polar surface area (TPSA) is 52.0 Å². The van der Waals surface area contributed by atoms with Gasteiger partial charge in [0.25, 0.3) is 5.56 Å². The number of aryl methyl sites for hydroxylation is 3. The number of halogens is 1. The minimum atomic E-state index is 0.0296. The number of fused-ring (bicyclic) bond motifs is 3. The Morgan fingerprint density at radius 1 is 1.06 bits per heavy atom. The van der Waals surface area contributed by atoms with Gasteiger partial charge < -0.3 is 0 Å². The first-order chi connectivity index (χ1) is 16.1. The Morgan fingerprint density at radius 2 is 1.82 bits per heavy atom. The highest BCUT2D eigenvalue weighted by Gasteiger charge is 2.22. The number of aromatic nitrogens is 2. The number of benzene rings is 2. The molecule has 5 rings (SSSR count). The summed E-state index contributed by atoms with van der Waals surface area (Å²) < 4.78 is 2.73. The Morgan fingerprint density at radius 3 is 2.61 bits per heavy atom. The molecule has 0 aliphatic heterocycles. The first kappa shape index (κ1) is 22.6. The van der Waals surface area contributed by atoms with Gasteiger partial charge in [0.05, 0.1) is 11.1 Å². The number of carbonyl (C=O) groups excluding carboxylic acids is 1. The number of ketones is 1. The summed E-state index contributed by atoms with van der Waals surface area (Å²) in [7, 11) is 0. The van der Waals surface area contributed by atoms with Gasteiger partial charge in [0, 0.05) is 21.5 Å². The quantitative estimate of drug-likeness (QED) is 0.157. The molecule has 0 amide bonds. The number of Topliss-reactive ketones (excluding diaryl/α,β-unsaturated/α-hetero) is 1. The van der Waals surface area contributed by atoms with Crippen molar-refractivity contribution in [1.82, 2.24) is 9.55 Å². The standard InChI is InChI=1S/C26H23BrN2O2S2/c27-19-12-10-18(11-13-19)21(30)16-32-26-28-24-23(20-8-4-5-9-22(20)33-24)25(31)29(26)15-14-17-6-2-1-3-7-17/h1-3,6-7,10-13H,4-5,8-9,14-16H2. The zero-order chi connectivity index (χ0) is 22.8. The van der Waals surface area contributed by atoms with E-state index in [1.54, 1.807) is 15.9 Å². The molecule has 168 valence electrons. The van der Waals surface area contributed by atoms with E-state index in [0.29, 0.717) is 17.3 Å². The maximum Gasteiger partial charge on any atom is 0.263 e. The van der Waals surface area contributed by atoms with Crippen molar-refractivity contribution >= 4 is 55.0 Å². The minimum Gasteiger partial charge on any atom is -0.293 e. The van der Waals surface area contributed by atoms with Crippen LogP contribution in [0.5, 0.6) is 0 Å². The highest BCUT2D eigenvalue weighted by Crippen LogP contribution is 2.34. The Hall–Kier alpha value is -2.22. The highest BCUT2D eigenvalue weighted by atomic mass is 79.9. The average Bonchev–Trinajstić information content (AvgIpc) is 3.22. The molecule has 1 aliphatic rings. The summed E-state index contributed by atoms with van der Waals surface area (Å²) in [6.07, 6.45) is 5.03. The Balaban J connectivity index is 1.49. The lowest BCUT2D eigenvalue weighted by Crippen LogP contribution is -2.25. The first-order valence-corrected chi connectivity index (χ1v) is 13.7. The maximum absolute atomic E-state index is 13.7. The molecule has 7 heteroatoms. The van der Waals surface area contributed by atoms with E-state index in [-0.39, 0.29) is 17.1 Å². The maximum atomic E-state index is 13.7. The fraction of sp³-hybridized carbons (Fsp3) is 0.269. The van der Waals surface area contributed by atoms with E-state index in [4.69, 9.17) is 4.98 Å². The van der Waals surface area contributed by atoms with Crippen LogP contribution in [0.15, 0.2) is 69.0 Å². The normalized spacial score (nSPS) is 13.2. The Kier molecular flexibility index (Phi) is 6.81. The largest absolute Gasteiger partial charge is 0.293 e. The van der Waals surface area contributed by atoms with Crippen LogP contribution in [0.1, 0.15) is 39.2 Å². The summed E-state index contributed by atoms with van der Waals surface area (Å²) >= 11 is 6.42. The van der Waals surface area contributed by atoms with Gasteiger partial charge in [-0.1, -0.05) is 70.2 Å². The number of hydrogen-bond donors (Lipinski definition) is 0. The molecule has 1 aliphatic carbocycles. The summed E-state index contributed by atoms with van der Waals surface area (Å²) in [5.74, 6) is 0.276. The molecule has 0 unspecified atom stereocenters. The lowest BCUT2D eigenvalue weighted by atomic mass is 9.97. The molecule has 0 N–H and O–H groups in total. The summed E-state index contributed by atoms with van der Waals surface area (Å²) in [5, 5.41) is 1.43. The van der Waals surface area contributed by atoms with Gasteiger partial charge in [-0.25, -0.2) is 4.98 Å². The van der Waals surface area contributed by atoms with Gasteiger partial charge in [-0.3, -0.25) is 14.2 Å². The number of thioether (sulfide) groups is 1. The Bertz CT molecular complexity index is 1360. The lowest BCUT2D eigenvalue weighted by molar-refractivity contribution is 0.102. The van der Waals surface area contributed by atoms with Crippen LogP contribution >= 0.6 is 39.0 Å². The molecular formula is C26H23BrN2O2S2. The van der Waals surface area contributed by atoms with Crippen molar-refractivity contribution in [1.29, 1.82) is 0 Å². The fourth-order valence-electron chi connectivity index (χ4n) is 4.26. The van der Waals surface area contributed by atoms with Crippen LogP contribution in [-0.2, 0) is 25.8 Å². The summed E-state index contributed by atoms with van der Waals surface area (Å²) in [5.41, 5.74) is 3.08. The van der Waals surface area contributed by atoms with E-state index in [0.717, 1.165) is 40.4 Å². The molecule has 0 saturated heterocycles. The summed E-state index contributed by atoms with van der Waals surface area (Å²) in [4.78, 5) is 33.5. The second-order valence-electron chi connectivity index (χ2n) is 8.20. The van der Waals surface area contributed by atoms with Gasteiger partial charge in [0.15, 0.2) is 10.9 Å². The zero-order valence-electron chi connectivity index (χ0n) is 18.1. The highest BCUT2D eigenvalue weighted by molar-refractivity contribution is 9.10. The van der Waals surface area contributed by atoms with E-state index >= 15 is 0 Å². The van der Waals surface area contributed by atoms with E-state index in [9.17, 15) is 9.59 Å². The third kappa shape index (κ3) is 4.86. The zero-order valence-corrected chi connectivity index (χ0v) is 21.3. The molecule has 2 heterocycles. The molecule has 0 saturated carbocycles. The second-order valence-corrected chi connectivity index (χ2v) is 11.1. The van der Waals surface area contributed by atoms with Crippen molar-refractivity contribution in [3.63, 3.8) is 0 Å². The number of hydrogen-bond acceptors (Lipinski definition) is 5. The predicted octanol–water partition coefficient (Wildman–Crippen LogP) is 6.32. The fourth-order valence-corrected chi connectivity index (χ4v) is 6.75. The molecule has 0 atom stereocenters. The van der Waals surface area contributed by atoms with Gasteiger partial charge in [-0.05, 0) is 55.4 Å². The number of carbonyl (C=O) groups is 1. The van der Waals surface area contributed by atoms with Crippen LogP contribution in [0.2, 0.25) is 0 Å². The lowest BCUT2D eigenvalue weighted by Gasteiger charge is -2.13. The predicted molar refractivity (Wildman–Crippen MR) is 140 cm³/mol. The van der Waals surface area contributed by atoms with Crippen LogP contribution in [-0.4, -0.2) is 21.1 Å². The second kappa shape index (κ2) is 9.95. The molecule has 2 aromatic carbocycles. The molecule has 0 spiro atoms. The minimum absolute atomic E-state index is 0.0296. The van der Waals surface area contributed by atoms with Gasteiger partial charge in [0.2, 0.25) is 0 Å². The van der Waals surface area contributed by atoms with E-state index in [2.05, 4.69) is 28.1 Å². The van der Waals surface area contributed by atoms with Crippen LogP contribution in [0.3, 0.4) is 0 Å². The third-order valence-corrected chi connectivity index (χ3v) is 8.70. The average molecular weight is 540 g/mol.